The van der Waals surface area contributed by atoms with Crippen molar-refractivity contribution in [3.05, 3.63) is 22.3 Å². The van der Waals surface area contributed by atoms with Gasteiger partial charge in [-0.2, -0.15) is 0 Å². The first-order chi connectivity index (χ1) is 6.37. The van der Waals surface area contributed by atoms with Crippen LogP contribution < -0.4 is 0 Å². The molecule has 0 saturated heterocycles. The molecule has 0 amide bonds. The Kier molecular flexibility index (Phi) is 3.24. The molecule has 0 aliphatic heterocycles. The first kappa shape index (κ1) is 11.6. The predicted octanol–water partition coefficient (Wildman–Crippen LogP) is 4.58. The molecular weight excluding hydrogens is 168 g/mol. The van der Waals surface area contributed by atoms with E-state index in [4.69, 9.17) is 0 Å². The fourth-order valence-electron chi connectivity index (χ4n) is 2.73. The van der Waals surface area contributed by atoms with Crippen molar-refractivity contribution < 1.29 is 0 Å². The molecule has 0 aromatic heterocycles. The summed E-state index contributed by atoms with van der Waals surface area (Å²) in [6.07, 6.45) is 0. The summed E-state index contributed by atoms with van der Waals surface area (Å²) in [6, 6.07) is 0. The molecule has 2 atom stereocenters. The normalized spacial score (nSPS) is 29.1. The first-order valence-electron chi connectivity index (χ1n) is 5.76. The Hall–Kier alpha value is -0.520. The Morgan fingerprint density at radius 2 is 1.29 bits per heavy atom. The Morgan fingerprint density at radius 1 is 0.857 bits per heavy atom. The maximum absolute atomic E-state index is 2.36. The molecule has 0 aromatic rings. The van der Waals surface area contributed by atoms with Crippen molar-refractivity contribution in [1.29, 1.82) is 0 Å². The smallest absolute Gasteiger partial charge is 0.0165 e. The second-order valence-corrected chi connectivity index (χ2v) is 5.14. The average molecular weight is 192 g/mol. The molecule has 0 aromatic carbocycles. The molecule has 0 heterocycles. The first-order valence-corrected chi connectivity index (χ1v) is 5.76. The maximum atomic E-state index is 2.36. The summed E-state index contributed by atoms with van der Waals surface area (Å²) in [5, 5.41) is 0. The van der Waals surface area contributed by atoms with Crippen molar-refractivity contribution in [3.8, 4) is 0 Å². The molecule has 0 heteroatoms. The van der Waals surface area contributed by atoms with Crippen molar-refractivity contribution in [2.75, 3.05) is 0 Å². The minimum absolute atomic E-state index is 0.667. The van der Waals surface area contributed by atoms with Crippen molar-refractivity contribution in [3.63, 3.8) is 0 Å². The molecule has 0 nitrogen and oxygen atoms in total. The standard InChI is InChI=1S/C14H24/c1-8(2)14-12(6)10(4)9(3)11(5)13(14)7/h8-10H,1-7H3. The van der Waals surface area contributed by atoms with Gasteiger partial charge in [-0.05, 0) is 49.7 Å². The van der Waals surface area contributed by atoms with Crippen LogP contribution >= 0.6 is 0 Å². The molecule has 14 heavy (non-hydrogen) atoms. The van der Waals surface area contributed by atoms with Gasteiger partial charge < -0.3 is 0 Å². The molecule has 1 aliphatic rings. The van der Waals surface area contributed by atoms with E-state index < -0.39 is 0 Å². The lowest BCUT2D eigenvalue weighted by Gasteiger charge is -2.33. The molecule has 2 unspecified atom stereocenters. The highest BCUT2D eigenvalue weighted by molar-refractivity contribution is 5.43. The summed E-state index contributed by atoms with van der Waals surface area (Å²) in [4.78, 5) is 0. The summed E-state index contributed by atoms with van der Waals surface area (Å²) in [5.41, 5.74) is 6.35. The van der Waals surface area contributed by atoms with Crippen LogP contribution in [0.25, 0.3) is 0 Å². The van der Waals surface area contributed by atoms with E-state index in [1.165, 1.54) is 0 Å². The number of rotatable bonds is 1. The van der Waals surface area contributed by atoms with Crippen LogP contribution in [-0.4, -0.2) is 0 Å². The van der Waals surface area contributed by atoms with E-state index in [1.807, 2.05) is 0 Å². The minimum Gasteiger partial charge on any atom is -0.0667 e. The molecule has 0 saturated carbocycles. The molecule has 0 bridgehead atoms. The van der Waals surface area contributed by atoms with Crippen LogP contribution in [-0.2, 0) is 0 Å². The predicted molar refractivity (Wildman–Crippen MR) is 64.2 cm³/mol. The Balaban J connectivity index is 3.25. The van der Waals surface area contributed by atoms with E-state index in [0.29, 0.717) is 5.92 Å². The fourth-order valence-corrected chi connectivity index (χ4v) is 2.73. The summed E-state index contributed by atoms with van der Waals surface area (Å²) >= 11 is 0. The zero-order chi connectivity index (χ0) is 11.0. The maximum Gasteiger partial charge on any atom is -0.0165 e. The SMILES string of the molecule is CC1=C(C)C(C)C(C)C(C)=C1C(C)C. The highest BCUT2D eigenvalue weighted by Crippen LogP contribution is 2.40. The Labute approximate surface area is 89.1 Å². The summed E-state index contributed by atoms with van der Waals surface area (Å²) in [7, 11) is 0. The van der Waals surface area contributed by atoms with E-state index >= 15 is 0 Å². The van der Waals surface area contributed by atoms with Gasteiger partial charge in [-0.25, -0.2) is 0 Å². The summed E-state index contributed by atoms with van der Waals surface area (Å²) < 4.78 is 0. The van der Waals surface area contributed by atoms with Crippen LogP contribution in [0.15, 0.2) is 22.3 Å². The largest absolute Gasteiger partial charge is 0.0667 e. The lowest BCUT2D eigenvalue weighted by Crippen LogP contribution is -2.20. The molecule has 1 rings (SSSR count). The van der Waals surface area contributed by atoms with E-state index in [2.05, 4.69) is 48.5 Å². The topological polar surface area (TPSA) is 0 Å². The zero-order valence-corrected chi connectivity index (χ0v) is 10.7. The van der Waals surface area contributed by atoms with Crippen LogP contribution in [0.1, 0.15) is 48.5 Å². The Morgan fingerprint density at radius 3 is 1.71 bits per heavy atom. The molecule has 0 fully saturated rings. The molecule has 0 radical (unpaired) electrons. The van der Waals surface area contributed by atoms with Gasteiger partial charge in [0.05, 0.1) is 0 Å². The molecule has 1 aliphatic carbocycles. The van der Waals surface area contributed by atoms with Crippen molar-refractivity contribution in [2.45, 2.75) is 48.5 Å². The van der Waals surface area contributed by atoms with Gasteiger partial charge in [0.1, 0.15) is 0 Å². The van der Waals surface area contributed by atoms with Gasteiger partial charge in [0.2, 0.25) is 0 Å². The minimum atomic E-state index is 0.667. The third-order valence-electron chi connectivity index (χ3n) is 4.11. The van der Waals surface area contributed by atoms with Gasteiger partial charge in [-0.3, -0.25) is 0 Å². The number of hydrogen-bond donors (Lipinski definition) is 0. The number of hydrogen-bond acceptors (Lipinski definition) is 0. The van der Waals surface area contributed by atoms with E-state index in [9.17, 15) is 0 Å². The lowest BCUT2D eigenvalue weighted by molar-refractivity contribution is 0.476. The van der Waals surface area contributed by atoms with Crippen LogP contribution in [0, 0.1) is 17.8 Å². The quantitative estimate of drug-likeness (QED) is 0.570. The third-order valence-corrected chi connectivity index (χ3v) is 4.11. The van der Waals surface area contributed by atoms with Crippen LogP contribution in [0.4, 0.5) is 0 Å². The van der Waals surface area contributed by atoms with Crippen molar-refractivity contribution >= 4 is 0 Å². The molecule has 0 spiro atoms. The molecule has 0 N–H and O–H groups in total. The monoisotopic (exact) mass is 192 g/mol. The van der Waals surface area contributed by atoms with Gasteiger partial charge in [0.25, 0.3) is 0 Å². The van der Waals surface area contributed by atoms with Crippen LogP contribution in [0.5, 0.6) is 0 Å². The van der Waals surface area contributed by atoms with E-state index in [-0.39, 0.29) is 0 Å². The molecular formula is C14H24. The van der Waals surface area contributed by atoms with Crippen molar-refractivity contribution in [1.82, 2.24) is 0 Å². The fraction of sp³-hybridized carbons (Fsp3) is 0.714. The van der Waals surface area contributed by atoms with Gasteiger partial charge in [-0.1, -0.05) is 38.8 Å². The van der Waals surface area contributed by atoms with Crippen LogP contribution in [0.3, 0.4) is 0 Å². The Bertz CT molecular complexity index is 289. The second kappa shape index (κ2) is 3.92. The molecule has 80 valence electrons. The van der Waals surface area contributed by atoms with E-state index in [1.54, 1.807) is 22.3 Å². The number of allylic oxidation sites excluding steroid dienone is 4. The lowest BCUT2D eigenvalue weighted by atomic mass is 9.72. The highest BCUT2D eigenvalue weighted by Gasteiger charge is 2.26. The highest BCUT2D eigenvalue weighted by atomic mass is 14.3. The zero-order valence-electron chi connectivity index (χ0n) is 10.7. The van der Waals surface area contributed by atoms with Gasteiger partial charge in [0.15, 0.2) is 0 Å². The second-order valence-electron chi connectivity index (χ2n) is 5.14. The third kappa shape index (κ3) is 1.67. The summed E-state index contributed by atoms with van der Waals surface area (Å²) in [5.74, 6) is 2.11. The van der Waals surface area contributed by atoms with Gasteiger partial charge >= 0.3 is 0 Å². The van der Waals surface area contributed by atoms with Gasteiger partial charge in [0, 0.05) is 0 Å². The summed E-state index contributed by atoms with van der Waals surface area (Å²) in [6.45, 7) is 16.2. The van der Waals surface area contributed by atoms with Crippen LogP contribution in [0.2, 0.25) is 0 Å². The average Bonchev–Trinajstić information content (AvgIpc) is 2.11. The van der Waals surface area contributed by atoms with Gasteiger partial charge in [-0.15, -0.1) is 0 Å². The van der Waals surface area contributed by atoms with Crippen molar-refractivity contribution in [2.24, 2.45) is 17.8 Å². The van der Waals surface area contributed by atoms with E-state index in [0.717, 1.165) is 11.8 Å².